The highest BCUT2D eigenvalue weighted by molar-refractivity contribution is 7.99. The van der Waals surface area contributed by atoms with Crippen molar-refractivity contribution >= 4 is 17.7 Å². The minimum absolute atomic E-state index is 0.0205. The van der Waals surface area contributed by atoms with Crippen molar-refractivity contribution in [2.75, 3.05) is 12.9 Å². The number of carboxylic acid groups (broad SMARTS) is 1. The number of hydrogen-bond acceptors (Lipinski definition) is 5. The Morgan fingerprint density at radius 2 is 2.40 bits per heavy atom. The van der Waals surface area contributed by atoms with Gasteiger partial charge in [0.05, 0.1) is 5.75 Å². The van der Waals surface area contributed by atoms with Crippen LogP contribution in [0.5, 0.6) is 0 Å². The summed E-state index contributed by atoms with van der Waals surface area (Å²) in [5.41, 5.74) is 0. The Morgan fingerprint density at radius 1 is 1.73 bits per heavy atom. The van der Waals surface area contributed by atoms with E-state index in [4.69, 9.17) is 9.84 Å². The largest absolute Gasteiger partial charge is 0.481 e. The molecule has 7 heteroatoms. The van der Waals surface area contributed by atoms with Gasteiger partial charge in [0.15, 0.2) is 11.0 Å². The Hall–Kier alpha value is -1.08. The van der Waals surface area contributed by atoms with Gasteiger partial charge in [-0.2, -0.15) is 5.10 Å². The second kappa shape index (κ2) is 5.13. The first-order valence-corrected chi connectivity index (χ1v) is 5.31. The molecule has 1 atom stereocenters. The number of carboxylic acids is 1. The average Bonchev–Trinajstić information content (AvgIpc) is 2.55. The number of carbonyl (C=O) groups is 1. The van der Waals surface area contributed by atoms with Crippen LogP contribution in [-0.2, 0) is 16.6 Å². The van der Waals surface area contributed by atoms with Gasteiger partial charge in [0.2, 0.25) is 0 Å². The molecule has 15 heavy (non-hydrogen) atoms. The summed E-state index contributed by atoms with van der Waals surface area (Å²) in [7, 11) is 3.30. The molecular formula is C8H13N3O3S. The van der Waals surface area contributed by atoms with Gasteiger partial charge in [0, 0.05) is 14.2 Å². The number of methoxy groups -OCH3 is 1. The Bertz CT molecular complexity index is 353. The van der Waals surface area contributed by atoms with Crippen LogP contribution in [0.4, 0.5) is 0 Å². The van der Waals surface area contributed by atoms with Crippen molar-refractivity contribution in [1.29, 1.82) is 0 Å². The molecule has 0 aliphatic rings. The maximum absolute atomic E-state index is 10.4. The van der Waals surface area contributed by atoms with E-state index in [0.29, 0.717) is 11.0 Å². The molecule has 0 saturated heterocycles. The molecule has 0 aromatic carbocycles. The lowest BCUT2D eigenvalue weighted by Crippen LogP contribution is -2.00. The van der Waals surface area contributed by atoms with E-state index in [0.717, 1.165) is 11.8 Å². The van der Waals surface area contributed by atoms with E-state index in [1.165, 1.54) is 0 Å². The number of aryl methyl sites for hydroxylation is 1. The van der Waals surface area contributed by atoms with Crippen molar-refractivity contribution in [3.05, 3.63) is 5.82 Å². The molecule has 1 aromatic rings. The summed E-state index contributed by atoms with van der Waals surface area (Å²) in [4.78, 5) is 14.6. The van der Waals surface area contributed by atoms with Crippen LogP contribution in [-0.4, -0.2) is 38.7 Å². The zero-order valence-electron chi connectivity index (χ0n) is 8.80. The van der Waals surface area contributed by atoms with Gasteiger partial charge in [-0.15, -0.1) is 0 Å². The maximum Gasteiger partial charge on any atom is 0.313 e. The van der Waals surface area contributed by atoms with Crippen LogP contribution in [0.25, 0.3) is 0 Å². The first-order chi connectivity index (χ1) is 7.04. The summed E-state index contributed by atoms with van der Waals surface area (Å²) in [5.74, 6) is -0.329. The van der Waals surface area contributed by atoms with Crippen molar-refractivity contribution in [3.8, 4) is 0 Å². The van der Waals surface area contributed by atoms with Crippen LogP contribution in [0.3, 0.4) is 0 Å². The van der Waals surface area contributed by atoms with Gasteiger partial charge < -0.3 is 9.84 Å². The summed E-state index contributed by atoms with van der Waals surface area (Å²) in [6.07, 6.45) is -0.185. The van der Waals surface area contributed by atoms with Crippen molar-refractivity contribution in [1.82, 2.24) is 14.8 Å². The summed E-state index contributed by atoms with van der Waals surface area (Å²) >= 11 is 1.14. The summed E-state index contributed by atoms with van der Waals surface area (Å²) in [5, 5.41) is 13.2. The van der Waals surface area contributed by atoms with E-state index in [1.807, 2.05) is 6.92 Å². The quantitative estimate of drug-likeness (QED) is 0.752. The fourth-order valence-electron chi connectivity index (χ4n) is 0.919. The van der Waals surface area contributed by atoms with E-state index in [-0.39, 0.29) is 11.9 Å². The van der Waals surface area contributed by atoms with E-state index in [1.54, 1.807) is 18.8 Å². The standard InChI is InChI=1S/C8H13N3O3S/c1-5(14-3)7-9-8(11(2)10-7)15-4-6(12)13/h5H,4H2,1-3H3,(H,12,13). The van der Waals surface area contributed by atoms with Crippen LogP contribution >= 0.6 is 11.8 Å². The van der Waals surface area contributed by atoms with Gasteiger partial charge >= 0.3 is 5.97 Å². The first-order valence-electron chi connectivity index (χ1n) is 4.33. The molecule has 0 aliphatic carbocycles. The molecule has 0 saturated carbocycles. The minimum atomic E-state index is -0.871. The Kier molecular flexibility index (Phi) is 4.10. The van der Waals surface area contributed by atoms with Crippen LogP contribution in [0.2, 0.25) is 0 Å². The highest BCUT2D eigenvalue weighted by Gasteiger charge is 2.14. The zero-order valence-corrected chi connectivity index (χ0v) is 9.61. The van der Waals surface area contributed by atoms with Gasteiger partial charge in [0.25, 0.3) is 0 Å². The van der Waals surface area contributed by atoms with Crippen molar-refractivity contribution < 1.29 is 14.6 Å². The summed E-state index contributed by atoms with van der Waals surface area (Å²) in [6.45, 7) is 1.83. The molecule has 0 fully saturated rings. The fourth-order valence-corrected chi connectivity index (χ4v) is 1.56. The lowest BCUT2D eigenvalue weighted by molar-refractivity contribution is -0.133. The topological polar surface area (TPSA) is 77.2 Å². The Morgan fingerprint density at radius 3 is 2.93 bits per heavy atom. The van der Waals surface area contributed by atoms with Gasteiger partial charge in [-0.25, -0.2) is 9.67 Å². The molecule has 1 N–H and O–H groups in total. The lowest BCUT2D eigenvalue weighted by Gasteiger charge is -2.01. The number of ether oxygens (including phenoxy) is 1. The van der Waals surface area contributed by atoms with Gasteiger partial charge in [-0.3, -0.25) is 4.79 Å². The zero-order chi connectivity index (χ0) is 11.4. The Labute approximate surface area is 91.6 Å². The molecule has 0 amide bonds. The smallest absolute Gasteiger partial charge is 0.313 e. The molecule has 0 spiro atoms. The number of rotatable bonds is 5. The molecule has 84 valence electrons. The highest BCUT2D eigenvalue weighted by Crippen LogP contribution is 2.18. The average molecular weight is 231 g/mol. The Balaban J connectivity index is 2.73. The number of hydrogen-bond donors (Lipinski definition) is 1. The van der Waals surface area contributed by atoms with E-state index >= 15 is 0 Å². The molecule has 6 nitrogen and oxygen atoms in total. The number of nitrogens with zero attached hydrogens (tertiary/aromatic N) is 3. The van der Waals surface area contributed by atoms with Crippen molar-refractivity contribution in [2.24, 2.45) is 7.05 Å². The summed E-state index contributed by atoms with van der Waals surface area (Å²) in [6, 6.07) is 0. The lowest BCUT2D eigenvalue weighted by atomic mass is 10.4. The molecule has 1 heterocycles. The van der Waals surface area contributed by atoms with Crippen LogP contribution in [0.1, 0.15) is 18.9 Å². The van der Waals surface area contributed by atoms with E-state index in [9.17, 15) is 4.79 Å². The number of aromatic nitrogens is 3. The molecule has 0 bridgehead atoms. The predicted octanol–water partition coefficient (Wildman–Crippen LogP) is 0.699. The number of thioether (sulfide) groups is 1. The minimum Gasteiger partial charge on any atom is -0.481 e. The maximum atomic E-state index is 10.4. The van der Waals surface area contributed by atoms with E-state index < -0.39 is 5.97 Å². The van der Waals surface area contributed by atoms with Crippen LogP contribution in [0, 0.1) is 0 Å². The first kappa shape index (κ1) is 12.0. The third kappa shape index (κ3) is 3.21. The highest BCUT2D eigenvalue weighted by atomic mass is 32.2. The van der Waals surface area contributed by atoms with E-state index in [2.05, 4.69) is 10.1 Å². The molecule has 1 unspecified atom stereocenters. The third-order valence-corrected chi connectivity index (χ3v) is 2.79. The number of aliphatic carboxylic acids is 1. The van der Waals surface area contributed by atoms with Gasteiger partial charge in [0.1, 0.15) is 6.10 Å². The van der Waals surface area contributed by atoms with Crippen LogP contribution in [0.15, 0.2) is 5.16 Å². The van der Waals surface area contributed by atoms with Crippen LogP contribution < -0.4 is 0 Å². The molecular weight excluding hydrogens is 218 g/mol. The second-order valence-corrected chi connectivity index (χ2v) is 3.88. The third-order valence-electron chi connectivity index (χ3n) is 1.78. The van der Waals surface area contributed by atoms with Crippen molar-refractivity contribution in [3.63, 3.8) is 0 Å². The second-order valence-electron chi connectivity index (χ2n) is 2.94. The molecule has 0 radical (unpaired) electrons. The van der Waals surface area contributed by atoms with Crippen molar-refractivity contribution in [2.45, 2.75) is 18.2 Å². The van der Waals surface area contributed by atoms with Gasteiger partial charge in [-0.1, -0.05) is 11.8 Å². The molecule has 0 aliphatic heterocycles. The molecule has 1 aromatic heterocycles. The molecule has 1 rings (SSSR count). The normalized spacial score (nSPS) is 12.7. The summed E-state index contributed by atoms with van der Waals surface area (Å²) < 4.78 is 6.62. The van der Waals surface area contributed by atoms with Gasteiger partial charge in [-0.05, 0) is 6.92 Å². The SMILES string of the molecule is COC(C)c1nc(SCC(=O)O)n(C)n1. The fraction of sp³-hybridized carbons (Fsp3) is 0.625. The predicted molar refractivity (Wildman–Crippen MR) is 54.8 cm³/mol. The monoisotopic (exact) mass is 231 g/mol.